The Labute approximate surface area is 774 Å². The molecule has 8 aliphatic rings. The van der Waals surface area contributed by atoms with Gasteiger partial charge in [-0.2, -0.15) is 0 Å². The number of carbonyl (C=O) groups is 8. The monoisotopic (exact) mass is 1880 g/mol. The molecule has 0 spiro atoms. The van der Waals surface area contributed by atoms with Gasteiger partial charge in [0.2, 0.25) is 0 Å². The van der Waals surface area contributed by atoms with Crippen LogP contribution >= 0.6 is 91.8 Å². The number of halogens is 4. The number of ether oxygens (including phenoxy) is 8. The molecule has 8 fully saturated rings. The van der Waals surface area contributed by atoms with Crippen LogP contribution in [-0.4, -0.2) is 166 Å². The summed E-state index contributed by atoms with van der Waals surface area (Å²) in [5, 5.41) is 5.63. The Hall–Kier alpha value is -9.92. The highest BCUT2D eigenvalue weighted by molar-refractivity contribution is 7.19. The number of amides is 4. The Balaban J connectivity index is 0.000000120. The second-order valence-electron chi connectivity index (χ2n) is 33.1. The number of hydrogen-bond donors (Lipinski definition) is 0. The van der Waals surface area contributed by atoms with Crippen LogP contribution in [-0.2, 0) is 76.3 Å². The molecule has 24 nitrogen and oxygen atoms in total. The lowest BCUT2D eigenvalue weighted by Gasteiger charge is -2.43. The van der Waals surface area contributed by atoms with Gasteiger partial charge in [0.15, 0.2) is 0 Å². The van der Waals surface area contributed by atoms with Crippen LogP contribution in [0.1, 0.15) is 168 Å². The first-order valence-corrected chi connectivity index (χ1v) is 47.5. The highest BCUT2D eigenvalue weighted by Gasteiger charge is 2.53. The number of benzene rings is 8. The lowest BCUT2D eigenvalue weighted by atomic mass is 9.96. The van der Waals surface area contributed by atoms with E-state index in [1.807, 2.05) is 189 Å². The highest BCUT2D eigenvalue weighted by Crippen LogP contribution is 2.53. The predicted molar refractivity (Wildman–Crippen MR) is 490 cm³/mol. The molecule has 4 aliphatic heterocycles. The molecule has 128 heavy (non-hydrogen) atoms. The Morgan fingerprint density at radius 2 is 0.516 bits per heavy atom. The number of thiazole rings is 4. The first-order chi connectivity index (χ1) is 62.1. The van der Waals surface area contributed by atoms with Crippen LogP contribution in [0.4, 0.5) is 0 Å². The lowest BCUT2D eigenvalue weighted by Crippen LogP contribution is -2.52. The fraction of sp³-hybridized carbons (Fsp3) is 0.375. The standard InChI is InChI=1S/4C24H23ClN2O4S/c4*1-30-20(28)12-18-24(29)27(13-14-9-10-14)21(22(31-18)15-5-4-6-16(25)11-15)23-26-17-7-2-3-8-19(17)32-23/h4*2-8,11,14,18,21-22H,9-10,12-13H2,1H3/t2*18-,21+,22-;2*18-,21-,22+/m1010/s1. The molecule has 4 amide bonds. The number of esters is 4. The first-order valence-electron chi connectivity index (χ1n) is 42.7. The third kappa shape index (κ3) is 21.1. The SMILES string of the molecule is COC(=O)C[C@@H]1O[C@@H](c2cccc(Cl)c2)[C@H](c2nc3ccccc3s2)N(CC2CC2)C1=O.COC(=O)C[C@@H]1O[C@H](c2cccc(Cl)c2)[C@@H](c2nc3ccccc3s2)N(CC2CC2)C1=O.COC(=O)C[C@H]1O[C@@H](c2cccc(Cl)c2)[C@H](c2nc3ccccc3s2)N(CC2CC2)C1=O.COC(=O)C[C@H]1O[C@H](c2cccc(Cl)c2)[C@@H](c2nc3ccccc3s2)N(CC2CC2)C1=O. The van der Waals surface area contributed by atoms with E-state index in [9.17, 15) is 38.4 Å². The van der Waals surface area contributed by atoms with E-state index in [0.29, 0.717) is 69.9 Å². The topological polar surface area (TPSA) is 275 Å². The first kappa shape index (κ1) is 90.0. The number of fused-ring (bicyclic) bond motifs is 4. The molecular weight excluding hydrogens is 1790 g/mol. The van der Waals surface area contributed by atoms with E-state index in [4.69, 9.17) is 104 Å². The molecule has 20 rings (SSSR count). The number of methoxy groups -OCH3 is 4. The third-order valence-corrected chi connectivity index (χ3v) is 29.2. The van der Waals surface area contributed by atoms with E-state index in [1.54, 1.807) is 69.6 Å². The minimum atomic E-state index is -0.907. The molecule has 0 radical (unpaired) electrons. The molecule has 4 aromatic heterocycles. The van der Waals surface area contributed by atoms with Crippen LogP contribution in [0.25, 0.3) is 40.9 Å². The molecule has 0 unspecified atom stereocenters. The summed E-state index contributed by atoms with van der Waals surface area (Å²) in [6, 6.07) is 60.1. The van der Waals surface area contributed by atoms with Gasteiger partial charge in [-0.15, -0.1) is 45.3 Å². The number of nitrogens with zero attached hydrogens (tertiary/aromatic N) is 8. The summed E-state index contributed by atoms with van der Waals surface area (Å²) >= 11 is 31.5. The molecule has 4 saturated heterocycles. The number of hydrogen-bond acceptors (Lipinski definition) is 24. The molecule has 0 bridgehead atoms. The largest absolute Gasteiger partial charge is 0.469 e. The van der Waals surface area contributed by atoms with E-state index in [1.165, 1.54) is 28.4 Å². The molecule has 12 atom stereocenters. The van der Waals surface area contributed by atoms with Crippen molar-refractivity contribution in [2.75, 3.05) is 54.6 Å². The zero-order chi connectivity index (χ0) is 89.0. The Morgan fingerprint density at radius 1 is 0.312 bits per heavy atom. The van der Waals surface area contributed by atoms with Gasteiger partial charge in [-0.05, 0) is 194 Å². The molecule has 32 heteroatoms. The van der Waals surface area contributed by atoms with Crippen molar-refractivity contribution < 1.29 is 76.3 Å². The minimum Gasteiger partial charge on any atom is -0.469 e. The highest BCUT2D eigenvalue weighted by atomic mass is 35.5. The Morgan fingerprint density at radius 3 is 0.695 bits per heavy atom. The van der Waals surface area contributed by atoms with Crippen molar-refractivity contribution in [2.45, 2.75) is 150 Å². The minimum absolute atomic E-state index is 0.125. The van der Waals surface area contributed by atoms with Crippen molar-refractivity contribution in [2.24, 2.45) is 23.7 Å². The van der Waals surface area contributed by atoms with Crippen molar-refractivity contribution in [3.8, 4) is 0 Å². The summed E-state index contributed by atoms with van der Waals surface area (Å²) in [6.07, 6.45) is 2.66. The number of carbonyl (C=O) groups excluding carboxylic acids is 8. The van der Waals surface area contributed by atoms with Gasteiger partial charge in [-0.1, -0.05) is 143 Å². The maximum Gasteiger partial charge on any atom is 0.308 e. The van der Waals surface area contributed by atoms with Gasteiger partial charge in [-0.25, -0.2) is 19.9 Å². The Kier molecular flexibility index (Phi) is 28.3. The second kappa shape index (κ2) is 40.2. The molecule has 8 heterocycles. The van der Waals surface area contributed by atoms with Gasteiger partial charge in [0.25, 0.3) is 23.6 Å². The number of morpholine rings is 4. The van der Waals surface area contributed by atoms with Gasteiger partial charge in [-0.3, -0.25) is 38.4 Å². The van der Waals surface area contributed by atoms with E-state index in [2.05, 4.69) is 0 Å². The zero-order valence-corrected chi connectivity index (χ0v) is 76.6. The molecule has 4 aliphatic carbocycles. The fourth-order valence-corrected chi connectivity index (χ4v) is 21.9. The van der Waals surface area contributed by atoms with Gasteiger partial charge >= 0.3 is 23.9 Å². The van der Waals surface area contributed by atoms with Gasteiger partial charge in [0.05, 0.1) is 95.0 Å². The summed E-state index contributed by atoms with van der Waals surface area (Å²) in [5.74, 6) is -0.794. The molecular formula is C96H92Cl4N8O16S4. The average molecular weight is 1880 g/mol. The zero-order valence-electron chi connectivity index (χ0n) is 70.3. The summed E-state index contributed by atoms with van der Waals surface area (Å²) in [6.45, 7) is 2.49. The molecule has 8 aromatic carbocycles. The number of aromatic nitrogens is 4. The second-order valence-corrected chi connectivity index (χ2v) is 39.1. The summed E-state index contributed by atoms with van der Waals surface area (Å²) in [4.78, 5) is 129. The van der Waals surface area contributed by atoms with E-state index in [-0.39, 0.29) is 49.3 Å². The fourth-order valence-electron chi connectivity index (χ4n) is 16.7. The van der Waals surface area contributed by atoms with Crippen LogP contribution in [0.2, 0.25) is 20.1 Å². The van der Waals surface area contributed by atoms with Crippen molar-refractivity contribution >= 4 is 180 Å². The summed E-state index contributed by atoms with van der Waals surface area (Å²) < 4.78 is 48.8. The maximum atomic E-state index is 13.5. The van der Waals surface area contributed by atoms with Crippen LogP contribution in [0.5, 0.6) is 0 Å². The summed E-state index contributed by atoms with van der Waals surface area (Å²) in [5.41, 5.74) is 6.99. The third-order valence-electron chi connectivity index (χ3n) is 23.9. The maximum absolute atomic E-state index is 13.5. The molecule has 12 aromatic rings. The van der Waals surface area contributed by atoms with Crippen LogP contribution in [0.15, 0.2) is 194 Å². The smallest absolute Gasteiger partial charge is 0.308 e. The molecule has 4 saturated carbocycles. The average Bonchev–Trinajstić information content (AvgIpc) is 1.56. The van der Waals surface area contributed by atoms with Gasteiger partial charge < -0.3 is 57.5 Å². The predicted octanol–water partition coefficient (Wildman–Crippen LogP) is 19.7. The lowest BCUT2D eigenvalue weighted by molar-refractivity contribution is -0.179. The van der Waals surface area contributed by atoms with Crippen molar-refractivity contribution in [3.63, 3.8) is 0 Å². The van der Waals surface area contributed by atoms with E-state index >= 15 is 0 Å². The number of para-hydroxylation sites is 4. The van der Waals surface area contributed by atoms with Crippen LogP contribution in [0.3, 0.4) is 0 Å². The Bertz CT molecular complexity index is 5240. The van der Waals surface area contributed by atoms with Crippen molar-refractivity contribution in [1.29, 1.82) is 0 Å². The van der Waals surface area contributed by atoms with Crippen LogP contribution in [0, 0.1) is 23.7 Å². The van der Waals surface area contributed by atoms with E-state index < -0.39 is 96.9 Å². The molecule has 0 N–H and O–H groups in total. The van der Waals surface area contributed by atoms with Crippen molar-refractivity contribution in [1.82, 2.24) is 39.5 Å². The molecule has 664 valence electrons. The normalized spacial score (nSPS) is 23.5. The van der Waals surface area contributed by atoms with Crippen LogP contribution < -0.4 is 0 Å². The quantitative estimate of drug-likeness (QED) is 0.0401. The van der Waals surface area contributed by atoms with Gasteiger partial charge in [0, 0.05) is 46.3 Å². The van der Waals surface area contributed by atoms with Gasteiger partial charge in [0.1, 0.15) is 93.0 Å². The number of rotatable bonds is 24. The van der Waals surface area contributed by atoms with Crippen molar-refractivity contribution in [3.05, 3.63) is 256 Å². The summed E-state index contributed by atoms with van der Waals surface area (Å²) in [7, 11) is 5.26. The van der Waals surface area contributed by atoms with E-state index in [0.717, 1.165) is 135 Å².